The zero-order valence-corrected chi connectivity index (χ0v) is 9.46. The van der Waals surface area contributed by atoms with Crippen molar-refractivity contribution in [3.8, 4) is 5.69 Å². The zero-order chi connectivity index (χ0) is 12.3. The van der Waals surface area contributed by atoms with Gasteiger partial charge in [-0.3, -0.25) is 0 Å². The maximum absolute atomic E-state index is 11.8. The molecule has 17 heavy (non-hydrogen) atoms. The Morgan fingerprint density at radius 1 is 1.53 bits per heavy atom. The maximum atomic E-state index is 11.8. The highest BCUT2D eigenvalue weighted by Gasteiger charge is 2.13. The van der Waals surface area contributed by atoms with Crippen LogP contribution in [-0.4, -0.2) is 22.1 Å². The lowest BCUT2D eigenvalue weighted by atomic mass is 10.1. The minimum Gasteiger partial charge on any atom is -0.462 e. The van der Waals surface area contributed by atoms with Crippen molar-refractivity contribution in [1.29, 1.82) is 0 Å². The Morgan fingerprint density at radius 3 is 3.00 bits per heavy atom. The van der Waals surface area contributed by atoms with Crippen LogP contribution in [0.25, 0.3) is 5.69 Å². The van der Waals surface area contributed by atoms with Crippen molar-refractivity contribution in [1.82, 2.24) is 9.55 Å². The fourth-order valence-corrected chi connectivity index (χ4v) is 1.55. The molecule has 88 valence electrons. The molecule has 1 heterocycles. The molecule has 0 spiro atoms. The molecule has 0 aliphatic heterocycles. The molecule has 0 atom stereocenters. The van der Waals surface area contributed by atoms with Crippen LogP contribution in [0.1, 0.15) is 17.3 Å². The molecule has 0 fully saturated rings. The summed E-state index contributed by atoms with van der Waals surface area (Å²) in [5.41, 5.74) is 7.35. The van der Waals surface area contributed by atoms with Crippen LogP contribution in [0.3, 0.4) is 0 Å². The summed E-state index contributed by atoms with van der Waals surface area (Å²) in [6.45, 7) is 2.10. The third-order valence-corrected chi connectivity index (χ3v) is 2.30. The Hall–Kier alpha value is -2.30. The Morgan fingerprint density at radius 2 is 2.35 bits per heavy atom. The maximum Gasteiger partial charge on any atom is 0.340 e. The van der Waals surface area contributed by atoms with Crippen molar-refractivity contribution in [2.24, 2.45) is 0 Å². The number of carbonyl (C=O) groups excluding carboxylic acids is 1. The van der Waals surface area contributed by atoms with Crippen LogP contribution in [0.2, 0.25) is 0 Å². The average Bonchev–Trinajstić information content (AvgIpc) is 2.82. The third-order valence-electron chi connectivity index (χ3n) is 2.30. The van der Waals surface area contributed by atoms with Gasteiger partial charge in [-0.25, -0.2) is 9.78 Å². The number of anilines is 1. The van der Waals surface area contributed by atoms with Gasteiger partial charge in [0.2, 0.25) is 0 Å². The predicted molar refractivity (Wildman–Crippen MR) is 63.9 cm³/mol. The molecule has 5 heteroatoms. The van der Waals surface area contributed by atoms with Crippen LogP contribution in [0.15, 0.2) is 36.9 Å². The quantitative estimate of drug-likeness (QED) is 0.643. The van der Waals surface area contributed by atoms with E-state index in [1.807, 2.05) is 0 Å². The number of hydrogen-bond acceptors (Lipinski definition) is 4. The highest BCUT2D eigenvalue weighted by molar-refractivity contribution is 5.94. The first-order valence-corrected chi connectivity index (χ1v) is 5.27. The number of aromatic nitrogens is 2. The molecule has 1 aromatic carbocycles. The van der Waals surface area contributed by atoms with Gasteiger partial charge in [-0.1, -0.05) is 0 Å². The lowest BCUT2D eigenvalue weighted by Gasteiger charge is -2.10. The van der Waals surface area contributed by atoms with Gasteiger partial charge < -0.3 is 15.0 Å². The summed E-state index contributed by atoms with van der Waals surface area (Å²) in [5, 5.41) is 0. The molecule has 0 unspecified atom stereocenters. The molecule has 1 aromatic heterocycles. The lowest BCUT2D eigenvalue weighted by Crippen LogP contribution is -2.09. The molecule has 0 saturated heterocycles. The Kier molecular flexibility index (Phi) is 3.09. The predicted octanol–water partition coefficient (Wildman–Crippen LogP) is 1.63. The van der Waals surface area contributed by atoms with E-state index in [9.17, 15) is 4.79 Å². The van der Waals surface area contributed by atoms with E-state index in [0.29, 0.717) is 23.5 Å². The molecule has 0 bridgehead atoms. The SMILES string of the molecule is CCOC(=O)c1cc(N)ccc1-n1ccnc1. The van der Waals surface area contributed by atoms with Crippen LogP contribution in [0, 0.1) is 0 Å². The molecule has 0 aliphatic carbocycles. The average molecular weight is 231 g/mol. The number of hydrogen-bond donors (Lipinski definition) is 1. The molecule has 2 aromatic rings. The van der Waals surface area contributed by atoms with E-state index in [0.717, 1.165) is 0 Å². The number of rotatable bonds is 3. The van der Waals surface area contributed by atoms with Crippen LogP contribution < -0.4 is 5.73 Å². The minimum atomic E-state index is -0.386. The van der Waals surface area contributed by atoms with Gasteiger partial charge in [-0.2, -0.15) is 0 Å². The second-order valence-corrected chi connectivity index (χ2v) is 3.47. The first-order valence-electron chi connectivity index (χ1n) is 5.27. The molecular formula is C12H13N3O2. The van der Waals surface area contributed by atoms with E-state index < -0.39 is 0 Å². The second-order valence-electron chi connectivity index (χ2n) is 3.47. The number of ether oxygens (including phenoxy) is 1. The van der Waals surface area contributed by atoms with Gasteiger partial charge in [0.15, 0.2) is 0 Å². The van der Waals surface area contributed by atoms with E-state index in [-0.39, 0.29) is 5.97 Å². The second kappa shape index (κ2) is 4.69. The molecule has 0 amide bonds. The standard InChI is InChI=1S/C12H13N3O2/c1-2-17-12(16)10-7-9(13)3-4-11(10)15-6-5-14-8-15/h3-8H,2,13H2,1H3. The van der Waals surface area contributed by atoms with Gasteiger partial charge in [-0.05, 0) is 25.1 Å². The number of benzene rings is 1. The van der Waals surface area contributed by atoms with Gasteiger partial charge in [0.1, 0.15) is 0 Å². The highest BCUT2D eigenvalue weighted by Crippen LogP contribution is 2.18. The van der Waals surface area contributed by atoms with Crippen molar-refractivity contribution < 1.29 is 9.53 Å². The minimum absolute atomic E-state index is 0.330. The molecular weight excluding hydrogens is 218 g/mol. The fraction of sp³-hybridized carbons (Fsp3) is 0.167. The van der Waals surface area contributed by atoms with Gasteiger partial charge in [0.05, 0.1) is 24.2 Å². The highest BCUT2D eigenvalue weighted by atomic mass is 16.5. The topological polar surface area (TPSA) is 70.1 Å². The monoisotopic (exact) mass is 231 g/mol. The summed E-state index contributed by atoms with van der Waals surface area (Å²) in [4.78, 5) is 15.7. The zero-order valence-electron chi connectivity index (χ0n) is 9.46. The van der Waals surface area contributed by atoms with Gasteiger partial charge in [0, 0.05) is 18.1 Å². The van der Waals surface area contributed by atoms with E-state index in [2.05, 4.69) is 4.98 Å². The number of nitrogens with two attached hydrogens (primary N) is 1. The number of carbonyl (C=O) groups is 1. The van der Waals surface area contributed by atoms with Crippen molar-refractivity contribution in [3.05, 3.63) is 42.5 Å². The first-order chi connectivity index (χ1) is 8.22. The van der Waals surface area contributed by atoms with E-state index in [4.69, 9.17) is 10.5 Å². The molecule has 0 aliphatic rings. The van der Waals surface area contributed by atoms with Gasteiger partial charge in [-0.15, -0.1) is 0 Å². The van der Waals surface area contributed by atoms with Crippen LogP contribution in [0.5, 0.6) is 0 Å². The summed E-state index contributed by atoms with van der Waals surface area (Å²) in [6.07, 6.45) is 5.02. The Balaban J connectivity index is 2.48. The van der Waals surface area contributed by atoms with Crippen molar-refractivity contribution in [2.45, 2.75) is 6.92 Å². The van der Waals surface area contributed by atoms with Crippen LogP contribution in [0.4, 0.5) is 5.69 Å². The summed E-state index contributed by atoms with van der Waals surface area (Å²) in [7, 11) is 0. The summed E-state index contributed by atoms with van der Waals surface area (Å²) < 4.78 is 6.74. The lowest BCUT2D eigenvalue weighted by molar-refractivity contribution is 0.0526. The van der Waals surface area contributed by atoms with Crippen molar-refractivity contribution in [2.75, 3.05) is 12.3 Å². The summed E-state index contributed by atoms with van der Waals surface area (Å²) in [5.74, 6) is -0.386. The van der Waals surface area contributed by atoms with Gasteiger partial charge >= 0.3 is 5.97 Å². The van der Waals surface area contributed by atoms with Crippen molar-refractivity contribution in [3.63, 3.8) is 0 Å². The van der Waals surface area contributed by atoms with Crippen molar-refractivity contribution >= 4 is 11.7 Å². The first kappa shape index (κ1) is 11.2. The normalized spacial score (nSPS) is 10.2. The van der Waals surface area contributed by atoms with E-state index in [1.54, 1.807) is 48.4 Å². The number of nitrogen functional groups attached to an aromatic ring is 1. The fourth-order valence-electron chi connectivity index (χ4n) is 1.55. The Bertz CT molecular complexity index is 521. The van der Waals surface area contributed by atoms with Gasteiger partial charge in [0.25, 0.3) is 0 Å². The molecule has 0 saturated carbocycles. The molecule has 2 rings (SSSR count). The molecule has 0 radical (unpaired) electrons. The van der Waals surface area contributed by atoms with Crippen LogP contribution in [-0.2, 0) is 4.74 Å². The Labute approximate surface area is 98.8 Å². The number of esters is 1. The largest absolute Gasteiger partial charge is 0.462 e. The van der Waals surface area contributed by atoms with E-state index in [1.165, 1.54) is 0 Å². The van der Waals surface area contributed by atoms with E-state index >= 15 is 0 Å². The number of nitrogens with zero attached hydrogens (tertiary/aromatic N) is 2. The third kappa shape index (κ3) is 2.28. The van der Waals surface area contributed by atoms with Crippen LogP contribution >= 0.6 is 0 Å². The summed E-state index contributed by atoms with van der Waals surface area (Å²) in [6, 6.07) is 5.11. The smallest absolute Gasteiger partial charge is 0.340 e. The molecule has 2 N–H and O–H groups in total. The molecule has 5 nitrogen and oxygen atoms in total. The number of imidazole rings is 1. The summed E-state index contributed by atoms with van der Waals surface area (Å²) >= 11 is 0.